The fourth-order valence-corrected chi connectivity index (χ4v) is 1.43. The van der Waals surface area contributed by atoms with E-state index in [2.05, 4.69) is 20.0 Å². The maximum Gasteiger partial charge on any atom is 0.274 e. The zero-order valence-corrected chi connectivity index (χ0v) is 8.74. The Balaban J connectivity index is 2.00. The molecule has 0 spiro atoms. The van der Waals surface area contributed by atoms with Gasteiger partial charge >= 0.3 is 0 Å². The first-order chi connectivity index (χ1) is 7.70. The third-order valence-electron chi connectivity index (χ3n) is 2.36. The van der Waals surface area contributed by atoms with Crippen molar-refractivity contribution >= 4 is 5.91 Å². The summed E-state index contributed by atoms with van der Waals surface area (Å²) in [5, 5.41) is 3.52. The number of nitrogens with zero attached hydrogens (tertiary/aromatic N) is 6. The summed E-state index contributed by atoms with van der Waals surface area (Å²) in [6.45, 7) is 2.72. The molecule has 2 rings (SSSR count). The SMILES string of the molecule is Cc1cnc(C(=O)N2CC(N=[N+]=[N-])C2)cn1. The lowest BCUT2D eigenvalue weighted by Crippen LogP contribution is -2.52. The number of amides is 1. The summed E-state index contributed by atoms with van der Waals surface area (Å²) in [6.07, 6.45) is 3.01. The van der Waals surface area contributed by atoms with Gasteiger partial charge in [0.2, 0.25) is 0 Å². The Morgan fingerprint density at radius 1 is 1.56 bits per heavy atom. The van der Waals surface area contributed by atoms with Crippen LogP contribution in [0.3, 0.4) is 0 Å². The van der Waals surface area contributed by atoms with Crippen LogP contribution >= 0.6 is 0 Å². The van der Waals surface area contributed by atoms with Crippen LogP contribution in [0.25, 0.3) is 10.4 Å². The van der Waals surface area contributed by atoms with Crippen molar-refractivity contribution in [2.75, 3.05) is 13.1 Å². The molecule has 1 aromatic rings. The molecule has 0 saturated carbocycles. The van der Waals surface area contributed by atoms with Crippen molar-refractivity contribution in [3.05, 3.63) is 34.2 Å². The summed E-state index contributed by atoms with van der Waals surface area (Å²) in [5.74, 6) is -0.170. The average molecular weight is 218 g/mol. The third kappa shape index (κ3) is 1.94. The molecule has 7 heteroatoms. The average Bonchev–Trinajstić information content (AvgIpc) is 2.23. The molecular weight excluding hydrogens is 208 g/mol. The van der Waals surface area contributed by atoms with Gasteiger partial charge in [-0.25, -0.2) is 4.98 Å². The summed E-state index contributed by atoms with van der Waals surface area (Å²) >= 11 is 0. The maximum atomic E-state index is 11.8. The molecule has 0 bridgehead atoms. The summed E-state index contributed by atoms with van der Waals surface area (Å²) in [5.41, 5.74) is 9.30. The first-order valence-electron chi connectivity index (χ1n) is 4.83. The molecule has 0 N–H and O–H groups in total. The highest BCUT2D eigenvalue weighted by atomic mass is 16.2. The monoisotopic (exact) mass is 218 g/mol. The molecule has 2 heterocycles. The van der Waals surface area contributed by atoms with Crippen molar-refractivity contribution < 1.29 is 4.79 Å². The highest BCUT2D eigenvalue weighted by Gasteiger charge is 2.30. The number of carbonyl (C=O) groups excluding carboxylic acids is 1. The van der Waals surface area contributed by atoms with E-state index in [-0.39, 0.29) is 11.9 Å². The van der Waals surface area contributed by atoms with Crippen LogP contribution in [-0.4, -0.2) is 39.9 Å². The van der Waals surface area contributed by atoms with Crippen molar-refractivity contribution in [2.45, 2.75) is 13.0 Å². The van der Waals surface area contributed by atoms with Crippen molar-refractivity contribution in [2.24, 2.45) is 5.11 Å². The van der Waals surface area contributed by atoms with E-state index in [9.17, 15) is 4.79 Å². The molecule has 1 saturated heterocycles. The quantitative estimate of drug-likeness (QED) is 0.419. The second kappa shape index (κ2) is 4.16. The zero-order valence-electron chi connectivity index (χ0n) is 8.74. The number of aryl methyl sites for hydroxylation is 1. The van der Waals surface area contributed by atoms with Gasteiger partial charge < -0.3 is 4.90 Å². The maximum absolute atomic E-state index is 11.8. The van der Waals surface area contributed by atoms with E-state index < -0.39 is 0 Å². The fourth-order valence-electron chi connectivity index (χ4n) is 1.43. The van der Waals surface area contributed by atoms with Gasteiger partial charge in [0.15, 0.2) is 0 Å². The van der Waals surface area contributed by atoms with Crippen LogP contribution in [-0.2, 0) is 0 Å². The van der Waals surface area contributed by atoms with Gasteiger partial charge in [-0.15, -0.1) is 0 Å². The van der Waals surface area contributed by atoms with Crippen LogP contribution in [0.1, 0.15) is 16.2 Å². The molecule has 1 aromatic heterocycles. The van der Waals surface area contributed by atoms with Gasteiger partial charge in [-0.3, -0.25) is 9.78 Å². The van der Waals surface area contributed by atoms with E-state index in [4.69, 9.17) is 5.53 Å². The summed E-state index contributed by atoms with van der Waals surface area (Å²) in [7, 11) is 0. The van der Waals surface area contributed by atoms with Crippen LogP contribution < -0.4 is 0 Å². The highest BCUT2D eigenvalue weighted by Crippen LogP contribution is 2.14. The Labute approximate surface area is 91.7 Å². The number of rotatable bonds is 2. The van der Waals surface area contributed by atoms with E-state index in [1.54, 1.807) is 11.1 Å². The molecule has 1 aliphatic rings. The zero-order chi connectivity index (χ0) is 11.5. The second-order valence-electron chi connectivity index (χ2n) is 3.61. The molecule has 82 valence electrons. The molecule has 0 aromatic carbocycles. The number of likely N-dealkylation sites (tertiary alicyclic amines) is 1. The van der Waals surface area contributed by atoms with E-state index in [1.807, 2.05) is 6.92 Å². The van der Waals surface area contributed by atoms with Gasteiger partial charge in [-0.05, 0) is 12.5 Å². The van der Waals surface area contributed by atoms with Gasteiger partial charge in [0.1, 0.15) is 5.69 Å². The molecule has 16 heavy (non-hydrogen) atoms. The Morgan fingerprint density at radius 3 is 2.88 bits per heavy atom. The molecule has 1 aliphatic heterocycles. The van der Waals surface area contributed by atoms with Crippen molar-refractivity contribution in [3.63, 3.8) is 0 Å². The minimum atomic E-state index is -0.170. The predicted molar refractivity (Wildman–Crippen MR) is 55.6 cm³/mol. The van der Waals surface area contributed by atoms with Gasteiger partial charge in [0.25, 0.3) is 5.91 Å². The van der Waals surface area contributed by atoms with Crippen LogP contribution in [0, 0.1) is 6.92 Å². The Kier molecular flexibility index (Phi) is 2.70. The number of carbonyl (C=O) groups is 1. The van der Waals surface area contributed by atoms with Crippen LogP contribution in [0.15, 0.2) is 17.5 Å². The standard InChI is InChI=1S/C9H10N6O/c1-6-2-12-8(3-11-6)9(16)15-4-7(5-15)13-14-10/h2-3,7H,4-5H2,1H3. The lowest BCUT2D eigenvalue weighted by atomic mass is 10.1. The molecule has 0 unspecified atom stereocenters. The van der Waals surface area contributed by atoms with Gasteiger partial charge in [-0.2, -0.15) is 0 Å². The number of aromatic nitrogens is 2. The lowest BCUT2D eigenvalue weighted by molar-refractivity contribution is 0.0602. The van der Waals surface area contributed by atoms with E-state index in [0.717, 1.165) is 5.69 Å². The topological polar surface area (TPSA) is 94.9 Å². The molecule has 1 amide bonds. The third-order valence-corrected chi connectivity index (χ3v) is 2.36. The highest BCUT2D eigenvalue weighted by molar-refractivity contribution is 5.92. The first kappa shape index (κ1) is 10.4. The summed E-state index contributed by atoms with van der Waals surface area (Å²) in [4.78, 5) is 24.1. The lowest BCUT2D eigenvalue weighted by Gasteiger charge is -2.36. The number of hydrogen-bond acceptors (Lipinski definition) is 4. The van der Waals surface area contributed by atoms with Crippen molar-refractivity contribution in [3.8, 4) is 0 Å². The number of hydrogen-bond donors (Lipinski definition) is 0. The van der Waals surface area contributed by atoms with Gasteiger partial charge in [0, 0.05) is 24.2 Å². The Bertz CT molecular complexity index is 444. The summed E-state index contributed by atoms with van der Waals surface area (Å²) in [6, 6.07) is -0.104. The molecule has 0 aliphatic carbocycles. The molecule has 1 fully saturated rings. The molecule has 0 radical (unpaired) electrons. The minimum absolute atomic E-state index is 0.104. The summed E-state index contributed by atoms with van der Waals surface area (Å²) < 4.78 is 0. The van der Waals surface area contributed by atoms with Gasteiger partial charge in [-0.1, -0.05) is 5.11 Å². The minimum Gasteiger partial charge on any atom is -0.336 e. The fraction of sp³-hybridized carbons (Fsp3) is 0.444. The first-order valence-corrected chi connectivity index (χ1v) is 4.83. The largest absolute Gasteiger partial charge is 0.336 e. The van der Waals surface area contributed by atoms with Crippen LogP contribution in [0.4, 0.5) is 0 Å². The number of azide groups is 1. The second-order valence-corrected chi connectivity index (χ2v) is 3.61. The van der Waals surface area contributed by atoms with Gasteiger partial charge in [0.05, 0.1) is 17.9 Å². The van der Waals surface area contributed by atoms with Crippen LogP contribution in [0.5, 0.6) is 0 Å². The predicted octanol–water partition coefficient (Wildman–Crippen LogP) is 0.920. The van der Waals surface area contributed by atoms with E-state index >= 15 is 0 Å². The molecule has 7 nitrogen and oxygen atoms in total. The van der Waals surface area contributed by atoms with Crippen LogP contribution in [0.2, 0.25) is 0 Å². The normalized spacial score (nSPS) is 15.2. The molecule has 0 atom stereocenters. The Morgan fingerprint density at radius 2 is 2.31 bits per heavy atom. The van der Waals surface area contributed by atoms with E-state index in [1.165, 1.54) is 6.20 Å². The smallest absolute Gasteiger partial charge is 0.274 e. The molecular formula is C9H10N6O. The van der Waals surface area contributed by atoms with Crippen molar-refractivity contribution in [1.82, 2.24) is 14.9 Å². The van der Waals surface area contributed by atoms with Crippen molar-refractivity contribution in [1.29, 1.82) is 0 Å². The van der Waals surface area contributed by atoms with E-state index in [0.29, 0.717) is 18.8 Å². The Hall–Kier alpha value is -2.14.